The van der Waals surface area contributed by atoms with Gasteiger partial charge in [0, 0.05) is 6.20 Å². The topological polar surface area (TPSA) is 50.2 Å². The normalized spacial score (nSPS) is 6.67. The van der Waals surface area contributed by atoms with Crippen LogP contribution in [0.4, 0.5) is 0 Å². The Morgan fingerprint density at radius 2 is 1.83 bits per heavy atom. The number of hydrogen-bond acceptors (Lipinski definition) is 2. The molecule has 1 rings (SSSR count). The summed E-state index contributed by atoms with van der Waals surface area (Å²) < 4.78 is 0. The minimum absolute atomic E-state index is 0. The summed E-state index contributed by atoms with van der Waals surface area (Å²) in [4.78, 5) is 13.7. The first-order chi connectivity index (χ1) is 4.30. The molecule has 0 atom stereocenters. The summed E-state index contributed by atoms with van der Waals surface area (Å²) in [6, 6.07) is 4.76. The molecule has 0 bridgehead atoms. The van der Waals surface area contributed by atoms with Gasteiger partial charge in [-0.15, -0.1) is 0 Å². The fourth-order valence-corrected chi connectivity index (χ4v) is 0.489. The second-order valence-electron chi connectivity index (χ2n) is 1.52. The molecule has 52 valence electrons. The average molecular weight is 750 g/mol. The Bertz CT molecular complexity index is 217. The molecule has 1 aromatic rings. The first kappa shape index (κ1) is 18.9. The maximum Gasteiger partial charge on any atom is 3.00 e. The van der Waals surface area contributed by atoms with E-state index in [1.165, 1.54) is 12.3 Å². The van der Waals surface area contributed by atoms with E-state index in [0.29, 0.717) is 0 Å². The summed E-state index contributed by atoms with van der Waals surface area (Å²) in [5.41, 5.74) is 0.0810. The first-order valence-electron chi connectivity index (χ1n) is 2.45. The van der Waals surface area contributed by atoms with Gasteiger partial charge in [0.2, 0.25) is 0 Å². The molecular weight excluding hydrogens is 745 g/mol. The number of hydrogen-bond donors (Lipinski definition) is 1. The van der Waals surface area contributed by atoms with E-state index in [9.17, 15) is 4.79 Å². The van der Waals surface area contributed by atoms with Crippen molar-refractivity contribution >= 4 is 84.6 Å². The number of aromatic nitrogens is 1. The molecule has 0 aliphatic rings. The van der Waals surface area contributed by atoms with E-state index in [-0.39, 0.29) is 84.3 Å². The molecule has 0 saturated carbocycles. The molecule has 3 nitrogen and oxygen atoms in total. The molecule has 0 unspecified atom stereocenters. The van der Waals surface area contributed by atoms with Crippen molar-refractivity contribution in [2.75, 3.05) is 0 Å². The van der Waals surface area contributed by atoms with Crippen LogP contribution in [0, 0.1) is 0 Å². The molecule has 0 aliphatic heterocycles. The number of carboxylic acid groups (broad SMARTS) is 1. The predicted molar refractivity (Wildman–Crippen MR) is 48.5 cm³/mol. The second-order valence-corrected chi connectivity index (χ2v) is 1.52. The van der Waals surface area contributed by atoms with Crippen molar-refractivity contribution in [3.05, 3.63) is 30.1 Å². The van der Waals surface area contributed by atoms with Crippen LogP contribution in [0.2, 0.25) is 0 Å². The Morgan fingerprint density at radius 1 is 1.25 bits per heavy atom. The van der Waals surface area contributed by atoms with E-state index in [1.807, 2.05) is 0 Å². The van der Waals surface area contributed by atoms with E-state index in [4.69, 9.17) is 5.11 Å². The number of carboxylic acids is 1. The monoisotopic (exact) mass is 750 g/mol. The Kier molecular flexibility index (Phi) is 16.3. The van der Waals surface area contributed by atoms with Crippen molar-refractivity contribution in [3.63, 3.8) is 0 Å². The molecule has 0 saturated heterocycles. The van der Waals surface area contributed by atoms with Gasteiger partial charge in [-0.25, -0.2) is 9.78 Å². The Labute approximate surface area is 128 Å². The summed E-state index contributed by atoms with van der Waals surface area (Å²) in [6.45, 7) is 0. The maximum atomic E-state index is 10.1. The van der Waals surface area contributed by atoms with Gasteiger partial charge in [-0.05, 0) is 12.1 Å². The predicted octanol–water partition coefficient (Wildman–Crippen LogP) is -0.363. The standard InChI is InChI=1S/C6H5NO2.3Bi/c8-6(9)5-3-1-2-4-7-5;;;/h1-4H,(H,8,9);;;/q;3*+3. The van der Waals surface area contributed by atoms with Crippen LogP contribution < -0.4 is 0 Å². The molecule has 0 amide bonds. The number of rotatable bonds is 1. The first-order valence-corrected chi connectivity index (χ1v) is 2.45. The van der Waals surface area contributed by atoms with Gasteiger partial charge in [0.25, 0.3) is 0 Å². The summed E-state index contributed by atoms with van der Waals surface area (Å²) in [5.74, 6) is -0.990. The van der Waals surface area contributed by atoms with Crippen LogP contribution >= 0.6 is 0 Å². The van der Waals surface area contributed by atoms with Crippen molar-refractivity contribution in [1.29, 1.82) is 0 Å². The van der Waals surface area contributed by atoms with E-state index in [1.54, 1.807) is 12.1 Å². The Balaban J connectivity index is -0.000000270. The third-order valence-electron chi connectivity index (χ3n) is 0.884. The SMILES string of the molecule is O=C(O)c1ccccn1.[Bi+3].[Bi+3].[Bi+3]. The zero-order chi connectivity index (χ0) is 6.69. The van der Waals surface area contributed by atoms with Gasteiger partial charge in [0.15, 0.2) is 0 Å². The van der Waals surface area contributed by atoms with E-state index < -0.39 is 5.97 Å². The zero-order valence-electron chi connectivity index (χ0n) is 5.95. The van der Waals surface area contributed by atoms with Gasteiger partial charge in [0.1, 0.15) is 5.69 Å². The van der Waals surface area contributed by atoms with Crippen molar-refractivity contribution < 1.29 is 9.90 Å². The summed E-state index contributed by atoms with van der Waals surface area (Å²) in [7, 11) is 0. The average Bonchev–Trinajstić information content (AvgIpc) is 1.90. The van der Waals surface area contributed by atoms with Gasteiger partial charge in [-0.2, -0.15) is 0 Å². The van der Waals surface area contributed by atoms with Crippen molar-refractivity contribution in [3.8, 4) is 0 Å². The summed E-state index contributed by atoms with van der Waals surface area (Å²) >= 11 is 0. The van der Waals surface area contributed by atoms with Crippen LogP contribution in [0.3, 0.4) is 0 Å². The van der Waals surface area contributed by atoms with E-state index in [2.05, 4.69) is 4.98 Å². The molecule has 6 heteroatoms. The molecule has 12 heavy (non-hydrogen) atoms. The number of carbonyl (C=O) groups is 1. The Morgan fingerprint density at radius 3 is 2.08 bits per heavy atom. The largest absolute Gasteiger partial charge is 3.00 e. The molecule has 0 fully saturated rings. The van der Waals surface area contributed by atoms with E-state index >= 15 is 0 Å². The summed E-state index contributed by atoms with van der Waals surface area (Å²) in [6.07, 6.45) is 1.45. The van der Waals surface area contributed by atoms with Gasteiger partial charge in [0.05, 0.1) is 0 Å². The number of aromatic carboxylic acids is 1. The number of pyridine rings is 1. The molecule has 6 radical (unpaired) electrons. The van der Waals surface area contributed by atoms with Gasteiger partial charge < -0.3 is 5.11 Å². The Hall–Kier alpha value is 1.27. The van der Waals surface area contributed by atoms with Crippen molar-refractivity contribution in [2.24, 2.45) is 0 Å². The smallest absolute Gasteiger partial charge is 0.477 e. The fourth-order valence-electron chi connectivity index (χ4n) is 0.489. The molecule has 0 aliphatic carbocycles. The van der Waals surface area contributed by atoms with Gasteiger partial charge >= 0.3 is 84.6 Å². The third kappa shape index (κ3) is 6.75. The fraction of sp³-hybridized carbons (Fsp3) is 0. The van der Waals surface area contributed by atoms with Crippen LogP contribution in [-0.2, 0) is 0 Å². The van der Waals surface area contributed by atoms with Crippen LogP contribution in [0.5, 0.6) is 0 Å². The van der Waals surface area contributed by atoms with Gasteiger partial charge in [-0.1, -0.05) is 6.07 Å². The minimum Gasteiger partial charge on any atom is -0.477 e. The molecule has 0 aromatic carbocycles. The molecule has 1 aromatic heterocycles. The number of nitrogens with zero attached hydrogens (tertiary/aromatic N) is 1. The van der Waals surface area contributed by atoms with Crippen LogP contribution in [0.25, 0.3) is 0 Å². The van der Waals surface area contributed by atoms with Crippen LogP contribution in [0.15, 0.2) is 24.4 Å². The second kappa shape index (κ2) is 10.4. The quantitative estimate of drug-likeness (QED) is 0.400. The zero-order valence-corrected chi connectivity index (χ0v) is 16.4. The molecular formula is C6H5Bi3NO2+9. The summed E-state index contributed by atoms with van der Waals surface area (Å²) in [5, 5.41) is 8.32. The molecule has 1 N–H and O–H groups in total. The van der Waals surface area contributed by atoms with Crippen molar-refractivity contribution in [1.82, 2.24) is 4.98 Å². The third-order valence-corrected chi connectivity index (χ3v) is 0.884. The van der Waals surface area contributed by atoms with Gasteiger partial charge in [-0.3, -0.25) is 0 Å². The minimum atomic E-state index is -0.990. The van der Waals surface area contributed by atoms with Crippen molar-refractivity contribution in [2.45, 2.75) is 0 Å². The van der Waals surface area contributed by atoms with E-state index in [0.717, 1.165) is 0 Å². The maximum absolute atomic E-state index is 10.1. The van der Waals surface area contributed by atoms with Crippen LogP contribution in [0.1, 0.15) is 10.5 Å². The molecule has 0 spiro atoms. The van der Waals surface area contributed by atoms with Crippen LogP contribution in [-0.4, -0.2) is 94.7 Å². The molecule has 1 heterocycles.